The SMILES string of the molecule is CN(CCN)c1cc(=O)[nH]o1. The minimum atomic E-state index is -0.233. The fourth-order valence-corrected chi connectivity index (χ4v) is 0.766. The Kier molecular flexibility index (Phi) is 2.32. The van der Waals surface area contributed by atoms with Crippen LogP contribution in [0.25, 0.3) is 0 Å². The molecule has 0 bridgehead atoms. The third-order valence-electron chi connectivity index (χ3n) is 1.35. The van der Waals surface area contributed by atoms with Gasteiger partial charge in [0.25, 0.3) is 5.56 Å². The molecule has 0 aliphatic carbocycles. The van der Waals surface area contributed by atoms with Crippen molar-refractivity contribution < 1.29 is 4.52 Å². The molecular weight excluding hydrogens is 146 g/mol. The molecule has 0 atom stereocenters. The van der Waals surface area contributed by atoms with E-state index in [1.807, 2.05) is 0 Å². The molecule has 0 spiro atoms. The van der Waals surface area contributed by atoms with E-state index in [2.05, 4.69) is 5.16 Å². The molecule has 0 aliphatic heterocycles. The monoisotopic (exact) mass is 157 g/mol. The highest BCUT2D eigenvalue weighted by Gasteiger charge is 2.03. The van der Waals surface area contributed by atoms with Crippen molar-refractivity contribution >= 4 is 5.88 Å². The molecule has 3 N–H and O–H groups in total. The van der Waals surface area contributed by atoms with E-state index in [4.69, 9.17) is 10.3 Å². The predicted octanol–water partition coefficient (Wildman–Crippen LogP) is -0.637. The molecule has 5 nitrogen and oxygen atoms in total. The molecule has 62 valence electrons. The van der Waals surface area contributed by atoms with Gasteiger partial charge in [-0.15, -0.1) is 0 Å². The van der Waals surface area contributed by atoms with E-state index in [9.17, 15) is 4.79 Å². The van der Waals surface area contributed by atoms with Crippen molar-refractivity contribution in [1.29, 1.82) is 0 Å². The highest BCUT2D eigenvalue weighted by molar-refractivity contribution is 5.31. The maximum Gasteiger partial charge on any atom is 0.282 e. The number of H-pyrrole nitrogens is 1. The maximum atomic E-state index is 10.6. The van der Waals surface area contributed by atoms with Gasteiger partial charge in [0.1, 0.15) is 0 Å². The summed E-state index contributed by atoms with van der Waals surface area (Å²) in [5, 5.41) is 2.19. The van der Waals surface area contributed by atoms with E-state index in [1.165, 1.54) is 6.07 Å². The van der Waals surface area contributed by atoms with Crippen LogP contribution in [-0.4, -0.2) is 25.3 Å². The lowest BCUT2D eigenvalue weighted by Crippen LogP contribution is -2.24. The van der Waals surface area contributed by atoms with Crippen LogP contribution in [0.2, 0.25) is 0 Å². The number of hydrogen-bond acceptors (Lipinski definition) is 4. The van der Waals surface area contributed by atoms with E-state index in [0.717, 1.165) is 0 Å². The molecule has 1 aromatic heterocycles. The van der Waals surface area contributed by atoms with Crippen LogP contribution in [0.4, 0.5) is 5.88 Å². The summed E-state index contributed by atoms with van der Waals surface area (Å²) in [6.45, 7) is 1.20. The molecule has 0 saturated heterocycles. The summed E-state index contributed by atoms with van der Waals surface area (Å²) in [5.74, 6) is 0.514. The van der Waals surface area contributed by atoms with Gasteiger partial charge in [-0.3, -0.25) is 4.79 Å². The quantitative estimate of drug-likeness (QED) is 0.612. The van der Waals surface area contributed by atoms with Gasteiger partial charge in [-0.1, -0.05) is 0 Å². The summed E-state index contributed by atoms with van der Waals surface area (Å²) < 4.78 is 4.81. The van der Waals surface area contributed by atoms with Crippen molar-refractivity contribution in [1.82, 2.24) is 5.16 Å². The number of hydrogen-bond donors (Lipinski definition) is 2. The number of nitrogens with two attached hydrogens (primary N) is 1. The zero-order valence-electron chi connectivity index (χ0n) is 6.33. The summed E-state index contributed by atoms with van der Waals surface area (Å²) in [7, 11) is 1.80. The lowest BCUT2D eigenvalue weighted by Gasteiger charge is -2.12. The van der Waals surface area contributed by atoms with Crippen LogP contribution >= 0.6 is 0 Å². The zero-order valence-corrected chi connectivity index (χ0v) is 6.33. The minimum absolute atomic E-state index is 0.233. The first-order valence-electron chi connectivity index (χ1n) is 3.34. The van der Waals surface area contributed by atoms with Gasteiger partial charge in [-0.25, -0.2) is 0 Å². The smallest absolute Gasteiger partial charge is 0.282 e. The Balaban J connectivity index is 2.68. The summed E-state index contributed by atoms with van der Waals surface area (Å²) in [4.78, 5) is 12.4. The lowest BCUT2D eigenvalue weighted by atomic mass is 10.5. The normalized spacial score (nSPS) is 10.0. The largest absolute Gasteiger partial charge is 0.361 e. The molecule has 0 amide bonds. The van der Waals surface area contributed by atoms with Crippen molar-refractivity contribution in [2.45, 2.75) is 0 Å². The molecule has 11 heavy (non-hydrogen) atoms. The molecule has 0 saturated carbocycles. The Labute approximate surface area is 63.8 Å². The number of nitrogens with one attached hydrogen (secondary N) is 1. The van der Waals surface area contributed by atoms with E-state index in [-0.39, 0.29) is 5.56 Å². The van der Waals surface area contributed by atoms with Crippen molar-refractivity contribution in [3.8, 4) is 0 Å². The van der Waals surface area contributed by atoms with Gasteiger partial charge in [0.2, 0.25) is 5.88 Å². The average Bonchev–Trinajstić information content (AvgIpc) is 2.36. The molecule has 1 aromatic rings. The third kappa shape index (κ3) is 1.84. The van der Waals surface area contributed by atoms with E-state index in [0.29, 0.717) is 19.0 Å². The second-order valence-corrected chi connectivity index (χ2v) is 2.26. The van der Waals surface area contributed by atoms with Crippen molar-refractivity contribution in [3.63, 3.8) is 0 Å². The fraction of sp³-hybridized carbons (Fsp3) is 0.500. The van der Waals surface area contributed by atoms with Crippen LogP contribution < -0.4 is 16.2 Å². The Morgan fingerprint density at radius 1 is 1.82 bits per heavy atom. The molecule has 0 aliphatic rings. The van der Waals surface area contributed by atoms with Gasteiger partial charge in [0, 0.05) is 20.1 Å². The summed E-state index contributed by atoms with van der Waals surface area (Å²) >= 11 is 0. The van der Waals surface area contributed by atoms with Crippen molar-refractivity contribution in [2.75, 3.05) is 25.0 Å². The maximum absolute atomic E-state index is 10.6. The van der Waals surface area contributed by atoms with Crippen LogP contribution in [0.5, 0.6) is 0 Å². The van der Waals surface area contributed by atoms with Gasteiger partial charge in [0.05, 0.1) is 6.07 Å². The van der Waals surface area contributed by atoms with Crippen LogP contribution in [0.1, 0.15) is 0 Å². The number of aromatic amines is 1. The van der Waals surface area contributed by atoms with Crippen LogP contribution in [0, 0.1) is 0 Å². The van der Waals surface area contributed by atoms with Gasteiger partial charge in [-0.05, 0) is 0 Å². The Bertz CT molecular complexity index is 265. The van der Waals surface area contributed by atoms with E-state index >= 15 is 0 Å². The Hall–Kier alpha value is -1.23. The first kappa shape index (κ1) is 7.87. The van der Waals surface area contributed by atoms with Crippen molar-refractivity contribution in [3.05, 3.63) is 16.4 Å². The Morgan fingerprint density at radius 2 is 2.55 bits per heavy atom. The number of nitrogens with zero attached hydrogens (tertiary/aromatic N) is 1. The predicted molar refractivity (Wildman–Crippen MR) is 41.7 cm³/mol. The fourth-order valence-electron chi connectivity index (χ4n) is 0.766. The van der Waals surface area contributed by atoms with Gasteiger partial charge < -0.3 is 15.2 Å². The van der Waals surface area contributed by atoms with E-state index in [1.54, 1.807) is 11.9 Å². The van der Waals surface area contributed by atoms with E-state index < -0.39 is 0 Å². The molecule has 0 aromatic carbocycles. The molecule has 1 heterocycles. The Morgan fingerprint density at radius 3 is 3.00 bits per heavy atom. The first-order chi connectivity index (χ1) is 5.24. The number of anilines is 1. The van der Waals surface area contributed by atoms with Gasteiger partial charge >= 0.3 is 0 Å². The first-order valence-corrected chi connectivity index (χ1v) is 3.34. The average molecular weight is 157 g/mol. The standard InChI is InChI=1S/C6H11N3O2/c1-9(3-2-7)6-4-5(10)8-11-6/h4H,2-3,7H2,1H3,(H,8,10). The van der Waals surface area contributed by atoms with Crippen LogP contribution in [0.3, 0.4) is 0 Å². The molecule has 0 radical (unpaired) electrons. The highest BCUT2D eigenvalue weighted by atomic mass is 16.5. The van der Waals surface area contributed by atoms with Gasteiger partial charge in [-0.2, -0.15) is 5.16 Å². The highest BCUT2D eigenvalue weighted by Crippen LogP contribution is 2.05. The minimum Gasteiger partial charge on any atom is -0.361 e. The summed E-state index contributed by atoms with van der Waals surface area (Å²) in [5.41, 5.74) is 5.07. The number of rotatable bonds is 3. The van der Waals surface area contributed by atoms with Gasteiger partial charge in [0.15, 0.2) is 0 Å². The summed E-state index contributed by atoms with van der Waals surface area (Å²) in [6.07, 6.45) is 0. The molecule has 0 fully saturated rings. The van der Waals surface area contributed by atoms with Crippen molar-refractivity contribution in [2.24, 2.45) is 5.73 Å². The van der Waals surface area contributed by atoms with Crippen LogP contribution in [-0.2, 0) is 0 Å². The molecular formula is C6H11N3O2. The zero-order chi connectivity index (χ0) is 8.27. The number of likely N-dealkylation sites (N-methyl/N-ethyl adjacent to an activating group) is 1. The molecule has 5 heteroatoms. The summed E-state index contributed by atoms with van der Waals surface area (Å²) in [6, 6.07) is 1.38. The molecule has 0 unspecified atom stereocenters. The topological polar surface area (TPSA) is 75.3 Å². The second-order valence-electron chi connectivity index (χ2n) is 2.26. The third-order valence-corrected chi connectivity index (χ3v) is 1.35. The molecule has 1 rings (SSSR count). The van der Waals surface area contributed by atoms with Crippen LogP contribution in [0.15, 0.2) is 15.4 Å². The number of aromatic nitrogens is 1. The second kappa shape index (κ2) is 3.25. The lowest BCUT2D eigenvalue weighted by molar-refractivity contribution is 0.414.